The number of ether oxygens (including phenoxy) is 1. The zero-order chi connectivity index (χ0) is 14.7. The molecule has 1 aliphatic rings. The number of nitrogens with one attached hydrogen (secondary N) is 2. The molecule has 1 amide bonds. The Labute approximate surface area is 123 Å². The first kappa shape index (κ1) is 13.4. The molecule has 0 atom stereocenters. The predicted molar refractivity (Wildman–Crippen MR) is 80.6 cm³/mol. The quantitative estimate of drug-likeness (QED) is 0.900. The number of amides is 1. The maximum Gasteiger partial charge on any atom is 0.251 e. The smallest absolute Gasteiger partial charge is 0.251 e. The molecule has 2 aromatic rings. The van der Waals surface area contributed by atoms with Crippen LogP contribution in [0.3, 0.4) is 0 Å². The van der Waals surface area contributed by atoms with Gasteiger partial charge in [-0.05, 0) is 35.7 Å². The number of hydrogen-bond acceptors (Lipinski definition) is 4. The fraction of sp³-hybridized carbons (Fsp3) is 0.250. The van der Waals surface area contributed by atoms with E-state index >= 15 is 0 Å². The molecule has 0 spiro atoms. The molecule has 0 bridgehead atoms. The summed E-state index contributed by atoms with van der Waals surface area (Å²) >= 11 is 0. The van der Waals surface area contributed by atoms with Crippen LogP contribution in [-0.2, 0) is 13.0 Å². The number of rotatable bonds is 4. The van der Waals surface area contributed by atoms with Crippen molar-refractivity contribution < 1.29 is 9.53 Å². The Morgan fingerprint density at radius 3 is 3.14 bits per heavy atom. The van der Waals surface area contributed by atoms with E-state index in [1.807, 2.05) is 30.3 Å². The number of hydrogen-bond donors (Lipinski definition) is 2. The van der Waals surface area contributed by atoms with Gasteiger partial charge in [0, 0.05) is 36.6 Å². The number of anilines is 1. The summed E-state index contributed by atoms with van der Waals surface area (Å²) in [5.41, 5.74) is 3.96. The van der Waals surface area contributed by atoms with E-state index in [0.717, 1.165) is 24.2 Å². The van der Waals surface area contributed by atoms with Crippen LogP contribution in [0.1, 0.15) is 21.5 Å². The molecular formula is C16H17N3O2. The van der Waals surface area contributed by atoms with Gasteiger partial charge in [0.15, 0.2) is 0 Å². The van der Waals surface area contributed by atoms with Crippen LogP contribution < -0.4 is 15.4 Å². The van der Waals surface area contributed by atoms with Crippen molar-refractivity contribution in [2.24, 2.45) is 0 Å². The summed E-state index contributed by atoms with van der Waals surface area (Å²) in [5, 5.41) is 6.19. The zero-order valence-corrected chi connectivity index (χ0v) is 11.8. The minimum atomic E-state index is -0.0812. The van der Waals surface area contributed by atoms with E-state index in [1.165, 1.54) is 5.56 Å². The summed E-state index contributed by atoms with van der Waals surface area (Å²) in [5.74, 6) is 0.464. The normalized spacial score (nSPS) is 12.4. The maximum atomic E-state index is 12.2. The topological polar surface area (TPSA) is 63.2 Å². The second-order valence-electron chi connectivity index (χ2n) is 4.94. The summed E-state index contributed by atoms with van der Waals surface area (Å²) in [6.45, 7) is 1.39. The van der Waals surface area contributed by atoms with Crippen LogP contribution >= 0.6 is 0 Å². The van der Waals surface area contributed by atoms with E-state index in [9.17, 15) is 4.79 Å². The van der Waals surface area contributed by atoms with Gasteiger partial charge >= 0.3 is 0 Å². The Morgan fingerprint density at radius 2 is 2.29 bits per heavy atom. The van der Waals surface area contributed by atoms with Crippen LogP contribution in [0.5, 0.6) is 5.88 Å². The Hall–Kier alpha value is -2.56. The van der Waals surface area contributed by atoms with Crippen LogP contribution in [0, 0.1) is 0 Å². The lowest BCUT2D eigenvalue weighted by atomic mass is 10.1. The Kier molecular flexibility index (Phi) is 3.73. The van der Waals surface area contributed by atoms with E-state index in [0.29, 0.717) is 18.0 Å². The highest BCUT2D eigenvalue weighted by Gasteiger charge is 2.13. The molecule has 21 heavy (non-hydrogen) atoms. The van der Waals surface area contributed by atoms with E-state index in [4.69, 9.17) is 4.74 Å². The first-order valence-electron chi connectivity index (χ1n) is 6.90. The lowest BCUT2D eigenvalue weighted by Gasteiger charge is -2.08. The average molecular weight is 283 g/mol. The van der Waals surface area contributed by atoms with Gasteiger partial charge in [0.05, 0.1) is 7.11 Å². The summed E-state index contributed by atoms with van der Waals surface area (Å²) in [6, 6.07) is 9.45. The third-order valence-corrected chi connectivity index (χ3v) is 3.54. The molecule has 0 saturated heterocycles. The van der Waals surface area contributed by atoms with Crippen molar-refractivity contribution in [3.05, 3.63) is 53.2 Å². The van der Waals surface area contributed by atoms with Crippen molar-refractivity contribution in [1.29, 1.82) is 0 Å². The largest absolute Gasteiger partial charge is 0.481 e. The number of fused-ring (bicyclic) bond motifs is 1. The molecule has 1 aliphatic heterocycles. The Morgan fingerprint density at radius 1 is 1.38 bits per heavy atom. The minimum Gasteiger partial charge on any atom is -0.481 e. The van der Waals surface area contributed by atoms with Crippen molar-refractivity contribution in [2.75, 3.05) is 19.0 Å². The molecule has 0 saturated carbocycles. The van der Waals surface area contributed by atoms with Gasteiger partial charge in [0.1, 0.15) is 0 Å². The highest BCUT2D eigenvalue weighted by molar-refractivity contribution is 5.95. The molecule has 2 heterocycles. The Balaban J connectivity index is 1.66. The van der Waals surface area contributed by atoms with Crippen molar-refractivity contribution >= 4 is 11.6 Å². The van der Waals surface area contributed by atoms with Gasteiger partial charge in [-0.25, -0.2) is 4.98 Å². The van der Waals surface area contributed by atoms with Gasteiger partial charge in [0.25, 0.3) is 5.91 Å². The van der Waals surface area contributed by atoms with Crippen molar-refractivity contribution in [3.63, 3.8) is 0 Å². The lowest BCUT2D eigenvalue weighted by Crippen LogP contribution is -2.22. The summed E-state index contributed by atoms with van der Waals surface area (Å²) in [7, 11) is 1.57. The summed E-state index contributed by atoms with van der Waals surface area (Å²) < 4.78 is 5.06. The molecule has 0 aliphatic carbocycles. The molecular weight excluding hydrogens is 266 g/mol. The first-order valence-corrected chi connectivity index (χ1v) is 6.90. The third kappa shape index (κ3) is 2.97. The van der Waals surface area contributed by atoms with Crippen LogP contribution in [-0.4, -0.2) is 24.5 Å². The van der Waals surface area contributed by atoms with E-state index in [2.05, 4.69) is 15.6 Å². The molecule has 1 aromatic carbocycles. The molecule has 5 heteroatoms. The van der Waals surface area contributed by atoms with Crippen LogP contribution in [0.2, 0.25) is 0 Å². The van der Waals surface area contributed by atoms with E-state index in [-0.39, 0.29) is 5.91 Å². The number of carbonyl (C=O) groups is 1. The molecule has 2 N–H and O–H groups in total. The molecule has 3 rings (SSSR count). The van der Waals surface area contributed by atoms with Gasteiger partial charge in [0.2, 0.25) is 5.88 Å². The SMILES string of the molecule is COc1cc(CNC(=O)c2ccc3c(c2)NCC3)ccn1. The van der Waals surface area contributed by atoms with Crippen LogP contribution in [0.25, 0.3) is 0 Å². The molecule has 5 nitrogen and oxygen atoms in total. The Bertz CT molecular complexity index is 670. The van der Waals surface area contributed by atoms with Crippen LogP contribution in [0.4, 0.5) is 5.69 Å². The zero-order valence-electron chi connectivity index (χ0n) is 11.8. The van der Waals surface area contributed by atoms with Gasteiger partial charge in [-0.2, -0.15) is 0 Å². The number of aromatic nitrogens is 1. The second-order valence-corrected chi connectivity index (χ2v) is 4.94. The fourth-order valence-corrected chi connectivity index (χ4v) is 2.39. The summed E-state index contributed by atoms with van der Waals surface area (Å²) in [4.78, 5) is 16.2. The first-order chi connectivity index (χ1) is 10.3. The average Bonchev–Trinajstić information content (AvgIpc) is 3.00. The number of methoxy groups -OCH3 is 1. The predicted octanol–water partition coefficient (Wildman–Crippen LogP) is 1.99. The second kappa shape index (κ2) is 5.83. The van der Waals surface area contributed by atoms with Crippen molar-refractivity contribution in [2.45, 2.75) is 13.0 Å². The number of nitrogens with zero attached hydrogens (tertiary/aromatic N) is 1. The van der Waals surface area contributed by atoms with E-state index < -0.39 is 0 Å². The molecule has 0 radical (unpaired) electrons. The van der Waals surface area contributed by atoms with E-state index in [1.54, 1.807) is 13.3 Å². The molecule has 0 fully saturated rings. The number of carbonyl (C=O) groups excluding carboxylic acids is 1. The molecule has 0 unspecified atom stereocenters. The maximum absolute atomic E-state index is 12.2. The van der Waals surface area contributed by atoms with Gasteiger partial charge in [-0.15, -0.1) is 0 Å². The van der Waals surface area contributed by atoms with Gasteiger partial charge < -0.3 is 15.4 Å². The number of benzene rings is 1. The van der Waals surface area contributed by atoms with Crippen molar-refractivity contribution in [1.82, 2.24) is 10.3 Å². The fourth-order valence-electron chi connectivity index (χ4n) is 2.39. The third-order valence-electron chi connectivity index (χ3n) is 3.54. The lowest BCUT2D eigenvalue weighted by molar-refractivity contribution is 0.0951. The number of pyridine rings is 1. The molecule has 1 aromatic heterocycles. The van der Waals surface area contributed by atoms with Crippen LogP contribution in [0.15, 0.2) is 36.5 Å². The van der Waals surface area contributed by atoms with Gasteiger partial charge in [-0.3, -0.25) is 4.79 Å². The highest BCUT2D eigenvalue weighted by atomic mass is 16.5. The summed E-state index contributed by atoms with van der Waals surface area (Å²) in [6.07, 6.45) is 2.69. The van der Waals surface area contributed by atoms with Crippen molar-refractivity contribution in [3.8, 4) is 5.88 Å². The molecule has 108 valence electrons. The van der Waals surface area contributed by atoms with Gasteiger partial charge in [-0.1, -0.05) is 6.07 Å². The highest BCUT2D eigenvalue weighted by Crippen LogP contribution is 2.23. The monoisotopic (exact) mass is 283 g/mol. The standard InChI is InChI=1S/C16H17N3O2/c1-21-15-8-11(4-6-18-15)10-19-16(20)13-3-2-12-5-7-17-14(12)9-13/h2-4,6,8-9,17H,5,7,10H2,1H3,(H,19,20). The minimum absolute atomic E-state index is 0.0812.